The monoisotopic (exact) mass is 336 g/mol. The van der Waals surface area contributed by atoms with Crippen molar-refractivity contribution in [1.29, 1.82) is 0 Å². The number of unbranched alkanes of at least 4 members (excludes halogenated alkanes) is 4. The molecule has 0 saturated carbocycles. The van der Waals surface area contributed by atoms with Gasteiger partial charge >= 0.3 is 7.82 Å². The molecule has 2 N–H and O–H groups in total. The van der Waals surface area contributed by atoms with Crippen LogP contribution in [0.3, 0.4) is 0 Å². The first-order valence-corrected chi connectivity index (χ1v) is 7.88. The number of hydrogen-bond donors (Lipinski definition) is 2. The number of phosphoric ester groups is 1. The Morgan fingerprint density at radius 3 is 2.16 bits per heavy atom. The molecule has 0 bridgehead atoms. The van der Waals surface area contributed by atoms with Crippen LogP contribution in [0.15, 0.2) is 24.3 Å². The fourth-order valence-electron chi connectivity index (χ4n) is 1.79. The summed E-state index contributed by atoms with van der Waals surface area (Å²) in [5.74, 6) is 0.207. The minimum Gasteiger partial charge on any atom is -0.404 e. The third-order valence-electron chi connectivity index (χ3n) is 2.72. The molecule has 1 rings (SSSR count). The zero-order chi connectivity index (χ0) is 13.4. The van der Waals surface area contributed by atoms with Gasteiger partial charge in [-0.15, -0.1) is 0 Å². The van der Waals surface area contributed by atoms with Gasteiger partial charge in [0.15, 0.2) is 0 Å². The van der Waals surface area contributed by atoms with Crippen molar-refractivity contribution in [2.75, 3.05) is 0 Å². The van der Waals surface area contributed by atoms with Crippen molar-refractivity contribution in [2.45, 2.75) is 45.4 Å². The fraction of sp³-hybridized carbons (Fsp3) is 0.538. The molecule has 104 valence electrons. The van der Waals surface area contributed by atoms with Crippen LogP contribution in [0, 0.1) is 0 Å². The number of benzene rings is 1. The molecule has 0 unspecified atom stereocenters. The largest absolute Gasteiger partial charge is 0.524 e. The van der Waals surface area contributed by atoms with Gasteiger partial charge in [-0.3, -0.25) is 9.79 Å². The van der Waals surface area contributed by atoms with Crippen molar-refractivity contribution in [1.82, 2.24) is 0 Å². The van der Waals surface area contributed by atoms with Gasteiger partial charge in [0.1, 0.15) is 5.75 Å². The molecule has 0 aromatic heterocycles. The van der Waals surface area contributed by atoms with Crippen molar-refractivity contribution in [2.24, 2.45) is 0 Å². The van der Waals surface area contributed by atoms with E-state index in [-0.39, 0.29) is 25.2 Å². The molecule has 0 radical (unpaired) electrons. The second-order valence-corrected chi connectivity index (χ2v) is 5.55. The van der Waals surface area contributed by atoms with E-state index in [9.17, 15) is 4.57 Å². The molecule has 0 fully saturated rings. The Labute approximate surface area is 127 Å². The first kappa shape index (κ1) is 18.8. The Hall–Kier alpha value is -0.207. The predicted octanol–water partition coefficient (Wildman–Crippen LogP) is 3.67. The molecule has 0 aliphatic rings. The van der Waals surface area contributed by atoms with Gasteiger partial charge in [-0.05, 0) is 30.5 Å². The Kier molecular flexibility index (Phi) is 9.55. The molecule has 0 heterocycles. The minimum absolute atomic E-state index is 0. The summed E-state index contributed by atoms with van der Waals surface area (Å²) in [4.78, 5) is 17.3. The van der Waals surface area contributed by atoms with Crippen LogP contribution in [0.2, 0.25) is 0 Å². The molecule has 19 heavy (non-hydrogen) atoms. The van der Waals surface area contributed by atoms with Gasteiger partial charge in [-0.2, -0.15) is 0 Å². The molecule has 1 aromatic carbocycles. The van der Waals surface area contributed by atoms with Crippen LogP contribution in [0.25, 0.3) is 0 Å². The topological polar surface area (TPSA) is 66.8 Å². The first-order valence-electron chi connectivity index (χ1n) is 6.35. The molecule has 0 atom stereocenters. The van der Waals surface area contributed by atoms with E-state index in [1.807, 2.05) is 12.1 Å². The summed E-state index contributed by atoms with van der Waals surface area (Å²) in [5.41, 5.74) is 1.17. The van der Waals surface area contributed by atoms with Crippen LogP contribution in [0.1, 0.15) is 44.6 Å². The number of hydrogen-bond acceptors (Lipinski definition) is 2. The van der Waals surface area contributed by atoms with Crippen LogP contribution < -0.4 is 4.52 Å². The van der Waals surface area contributed by atoms with Crippen molar-refractivity contribution in [3.8, 4) is 5.75 Å². The van der Waals surface area contributed by atoms with Gasteiger partial charge in [0, 0.05) is 19.5 Å². The summed E-state index contributed by atoms with van der Waals surface area (Å²) in [6, 6.07) is 6.90. The maximum atomic E-state index is 10.6. The quantitative estimate of drug-likeness (QED) is 0.431. The van der Waals surface area contributed by atoms with Gasteiger partial charge in [0.05, 0.1) is 0 Å². The fourth-order valence-corrected chi connectivity index (χ4v) is 2.18. The van der Waals surface area contributed by atoms with E-state index in [0.717, 1.165) is 12.8 Å². The molecular weight excluding hydrogens is 317 g/mol. The van der Waals surface area contributed by atoms with Crippen molar-refractivity contribution in [3.63, 3.8) is 0 Å². The molecule has 4 nitrogen and oxygen atoms in total. The van der Waals surface area contributed by atoms with Crippen LogP contribution >= 0.6 is 7.82 Å². The third kappa shape index (κ3) is 9.34. The van der Waals surface area contributed by atoms with Gasteiger partial charge in [0.25, 0.3) is 0 Å². The Balaban J connectivity index is 0.00000324. The molecule has 0 aliphatic heterocycles. The molecule has 1 aromatic rings. The Morgan fingerprint density at radius 1 is 1.05 bits per heavy atom. The van der Waals surface area contributed by atoms with Gasteiger partial charge in [-0.1, -0.05) is 44.7 Å². The standard InChI is InChI=1S/C13H21O4P.Zn/c1-2-3-4-5-6-7-12-8-10-13(11-9-12)17-18(14,15)16;/h8-11H,2-7H2,1H3,(H2,14,15,16);. The average Bonchev–Trinajstić information content (AvgIpc) is 2.29. The number of rotatable bonds is 8. The van der Waals surface area contributed by atoms with E-state index in [1.165, 1.54) is 31.2 Å². The molecule has 0 spiro atoms. The second kappa shape index (κ2) is 9.66. The number of phosphoric acid groups is 1. The summed E-state index contributed by atoms with van der Waals surface area (Å²) in [5, 5.41) is 0. The van der Waals surface area contributed by atoms with Crippen LogP contribution in [-0.4, -0.2) is 9.79 Å². The Bertz CT molecular complexity index is 388. The maximum Gasteiger partial charge on any atom is 0.524 e. The molecule has 6 heteroatoms. The SMILES string of the molecule is CCCCCCCc1ccc(OP(=O)(O)O)cc1.[Zn]. The van der Waals surface area contributed by atoms with Gasteiger partial charge < -0.3 is 4.52 Å². The van der Waals surface area contributed by atoms with E-state index in [0.29, 0.717) is 0 Å². The first-order chi connectivity index (χ1) is 8.51. The molecule has 0 amide bonds. The number of aryl methyl sites for hydroxylation is 1. The zero-order valence-electron chi connectivity index (χ0n) is 11.4. The van der Waals surface area contributed by atoms with E-state index < -0.39 is 7.82 Å². The minimum atomic E-state index is -4.44. The summed E-state index contributed by atoms with van der Waals surface area (Å²) in [7, 11) is -4.44. The normalized spacial score (nSPS) is 10.9. The second-order valence-electron chi connectivity index (χ2n) is 4.39. The summed E-state index contributed by atoms with van der Waals surface area (Å²) >= 11 is 0. The van der Waals surface area contributed by atoms with E-state index >= 15 is 0 Å². The van der Waals surface area contributed by atoms with Gasteiger partial charge in [0.2, 0.25) is 0 Å². The van der Waals surface area contributed by atoms with Gasteiger partial charge in [-0.25, -0.2) is 4.57 Å². The summed E-state index contributed by atoms with van der Waals surface area (Å²) in [6.45, 7) is 2.19. The van der Waals surface area contributed by atoms with Crippen LogP contribution in [-0.2, 0) is 30.5 Å². The van der Waals surface area contributed by atoms with E-state index in [2.05, 4.69) is 11.4 Å². The smallest absolute Gasteiger partial charge is 0.404 e. The third-order valence-corrected chi connectivity index (χ3v) is 3.17. The predicted molar refractivity (Wildman–Crippen MR) is 71.6 cm³/mol. The van der Waals surface area contributed by atoms with Crippen molar-refractivity contribution in [3.05, 3.63) is 29.8 Å². The average molecular weight is 338 g/mol. The molecule has 0 aliphatic carbocycles. The van der Waals surface area contributed by atoms with Crippen LogP contribution in [0.5, 0.6) is 5.75 Å². The molecular formula is C13H21O4PZn. The van der Waals surface area contributed by atoms with Crippen molar-refractivity contribution < 1.29 is 38.4 Å². The summed E-state index contributed by atoms with van der Waals surface area (Å²) < 4.78 is 15.1. The van der Waals surface area contributed by atoms with Crippen molar-refractivity contribution >= 4 is 7.82 Å². The van der Waals surface area contributed by atoms with E-state index in [4.69, 9.17) is 9.79 Å². The zero-order valence-corrected chi connectivity index (χ0v) is 15.3. The maximum absolute atomic E-state index is 10.6. The summed E-state index contributed by atoms with van der Waals surface area (Å²) in [6.07, 6.45) is 7.19. The Morgan fingerprint density at radius 2 is 1.63 bits per heavy atom. The van der Waals surface area contributed by atoms with Crippen LogP contribution in [0.4, 0.5) is 0 Å². The van der Waals surface area contributed by atoms with E-state index in [1.54, 1.807) is 12.1 Å². The molecule has 0 saturated heterocycles.